The molecule has 0 aliphatic carbocycles. The normalized spacial score (nSPS) is 18.3. The third-order valence-corrected chi connectivity index (χ3v) is 5.82. The van der Waals surface area contributed by atoms with Crippen LogP contribution < -0.4 is 15.5 Å². The molecule has 0 unspecified atom stereocenters. The molecule has 2 aliphatic rings. The summed E-state index contributed by atoms with van der Waals surface area (Å²) in [5, 5.41) is 5.37. The molecule has 4 rings (SSSR count). The van der Waals surface area contributed by atoms with Gasteiger partial charge in [0.1, 0.15) is 16.7 Å². The van der Waals surface area contributed by atoms with Gasteiger partial charge in [0.2, 0.25) is 11.8 Å². The molecule has 2 aliphatic heterocycles. The second-order valence-electron chi connectivity index (χ2n) is 7.56. The summed E-state index contributed by atoms with van der Waals surface area (Å²) in [6.45, 7) is 3.38. The predicted octanol–water partition coefficient (Wildman–Crippen LogP) is 3.26. The number of nitrogens with one attached hydrogen (secondary N) is 2. The highest BCUT2D eigenvalue weighted by molar-refractivity contribution is 6.31. The first-order chi connectivity index (χ1) is 14.3. The van der Waals surface area contributed by atoms with Gasteiger partial charge in [-0.05, 0) is 42.8 Å². The minimum Gasteiger partial charge on any atom is -0.376 e. The molecule has 30 heavy (non-hydrogen) atoms. The first-order valence-corrected chi connectivity index (χ1v) is 10.0. The number of hydrogen-bond acceptors (Lipinski definition) is 4. The van der Waals surface area contributed by atoms with Crippen molar-refractivity contribution in [1.29, 1.82) is 0 Å². The highest BCUT2D eigenvalue weighted by Crippen LogP contribution is 2.28. The zero-order valence-corrected chi connectivity index (χ0v) is 17.1. The van der Waals surface area contributed by atoms with Crippen molar-refractivity contribution < 1.29 is 18.4 Å². The van der Waals surface area contributed by atoms with Crippen molar-refractivity contribution in [3.05, 3.63) is 52.6 Å². The number of benzene rings is 2. The highest BCUT2D eigenvalue weighted by atomic mass is 35.5. The minimum atomic E-state index is -0.798. The number of hydrogen-bond donors (Lipinski definition) is 2. The molecule has 1 saturated heterocycles. The van der Waals surface area contributed by atoms with E-state index in [0.717, 1.165) is 16.9 Å². The Morgan fingerprint density at radius 1 is 1.23 bits per heavy atom. The number of fused-ring (bicyclic) bond motifs is 1. The lowest BCUT2D eigenvalue weighted by Gasteiger charge is -2.41. The van der Waals surface area contributed by atoms with Crippen molar-refractivity contribution in [2.45, 2.75) is 19.4 Å². The van der Waals surface area contributed by atoms with Crippen LogP contribution in [0.25, 0.3) is 0 Å². The van der Waals surface area contributed by atoms with Gasteiger partial charge in [-0.1, -0.05) is 11.6 Å². The van der Waals surface area contributed by atoms with E-state index in [9.17, 15) is 18.4 Å². The molecule has 9 heteroatoms. The van der Waals surface area contributed by atoms with Gasteiger partial charge in [-0.2, -0.15) is 0 Å². The van der Waals surface area contributed by atoms with Gasteiger partial charge < -0.3 is 20.4 Å². The number of carbonyl (C=O) groups excluding carboxylic acids is 2. The summed E-state index contributed by atoms with van der Waals surface area (Å²) < 4.78 is 27.5. The Bertz CT molecular complexity index is 993. The molecule has 0 saturated carbocycles. The molecule has 1 fully saturated rings. The van der Waals surface area contributed by atoms with E-state index >= 15 is 0 Å². The largest absolute Gasteiger partial charge is 0.376 e. The standard InChI is InChI=1S/C21H21ClF2N4O2/c1-12-11-27(15-8-16(23)21(22)17(24)9-15)4-5-28(12)20(30)10-25-14-2-3-18-13(6-14)7-19(29)26-18/h2-3,6,8-9,12,25H,4-5,7,10-11H2,1H3,(H,26,29)/t12-/m1/s1. The average Bonchev–Trinajstić information content (AvgIpc) is 3.09. The lowest BCUT2D eigenvalue weighted by Crippen LogP contribution is -2.55. The lowest BCUT2D eigenvalue weighted by molar-refractivity contribution is -0.131. The van der Waals surface area contributed by atoms with Crippen LogP contribution >= 0.6 is 11.6 Å². The second kappa shape index (κ2) is 8.10. The van der Waals surface area contributed by atoms with Gasteiger partial charge in [-0.25, -0.2) is 8.78 Å². The van der Waals surface area contributed by atoms with E-state index in [1.54, 1.807) is 4.90 Å². The molecule has 0 aromatic heterocycles. The molecule has 2 aromatic carbocycles. The molecule has 2 N–H and O–H groups in total. The molecule has 6 nitrogen and oxygen atoms in total. The van der Waals surface area contributed by atoms with Gasteiger partial charge in [-0.15, -0.1) is 0 Å². The van der Waals surface area contributed by atoms with Crippen LogP contribution in [0.3, 0.4) is 0 Å². The predicted molar refractivity (Wildman–Crippen MR) is 112 cm³/mol. The Morgan fingerprint density at radius 3 is 2.67 bits per heavy atom. The maximum Gasteiger partial charge on any atom is 0.242 e. The summed E-state index contributed by atoms with van der Waals surface area (Å²) in [5.41, 5.74) is 2.89. The third kappa shape index (κ3) is 4.05. The topological polar surface area (TPSA) is 64.7 Å². The summed E-state index contributed by atoms with van der Waals surface area (Å²) >= 11 is 5.56. The summed E-state index contributed by atoms with van der Waals surface area (Å²) in [5.74, 6) is -1.70. The van der Waals surface area contributed by atoms with Gasteiger partial charge in [-0.3, -0.25) is 9.59 Å². The van der Waals surface area contributed by atoms with Crippen LogP contribution in [0, 0.1) is 11.6 Å². The Morgan fingerprint density at radius 2 is 1.97 bits per heavy atom. The van der Waals surface area contributed by atoms with Crippen molar-refractivity contribution in [2.24, 2.45) is 0 Å². The lowest BCUT2D eigenvalue weighted by atomic mass is 10.1. The van der Waals surface area contributed by atoms with E-state index in [0.29, 0.717) is 31.7 Å². The van der Waals surface area contributed by atoms with Crippen LogP contribution in [0.15, 0.2) is 30.3 Å². The highest BCUT2D eigenvalue weighted by Gasteiger charge is 2.28. The van der Waals surface area contributed by atoms with Crippen LogP contribution in [-0.4, -0.2) is 48.9 Å². The fourth-order valence-corrected chi connectivity index (χ4v) is 4.01. The Hall–Kier alpha value is -2.87. The van der Waals surface area contributed by atoms with E-state index < -0.39 is 16.7 Å². The number of nitrogens with zero attached hydrogens (tertiary/aromatic N) is 2. The van der Waals surface area contributed by atoms with Crippen LogP contribution in [0.4, 0.5) is 25.8 Å². The molecular weight excluding hydrogens is 414 g/mol. The monoisotopic (exact) mass is 434 g/mol. The second-order valence-corrected chi connectivity index (χ2v) is 7.93. The first-order valence-electron chi connectivity index (χ1n) is 9.67. The molecule has 2 aromatic rings. The summed E-state index contributed by atoms with van der Waals surface area (Å²) in [6.07, 6.45) is 0.337. The van der Waals surface area contributed by atoms with Gasteiger partial charge in [0.25, 0.3) is 0 Å². The Kier molecular flexibility index (Phi) is 5.51. The summed E-state index contributed by atoms with van der Waals surface area (Å²) in [7, 11) is 0. The van der Waals surface area contributed by atoms with Crippen molar-refractivity contribution in [1.82, 2.24) is 4.90 Å². The third-order valence-electron chi connectivity index (χ3n) is 5.46. The van der Waals surface area contributed by atoms with Crippen molar-refractivity contribution in [3.8, 4) is 0 Å². The molecule has 2 amide bonds. The summed E-state index contributed by atoms with van der Waals surface area (Å²) in [4.78, 5) is 27.8. The molecule has 158 valence electrons. The van der Waals surface area contributed by atoms with Gasteiger partial charge in [0.15, 0.2) is 0 Å². The van der Waals surface area contributed by atoms with Crippen LogP contribution in [-0.2, 0) is 16.0 Å². The molecule has 2 heterocycles. The van der Waals surface area contributed by atoms with Crippen LogP contribution in [0.5, 0.6) is 0 Å². The molecular formula is C21H21ClF2N4O2. The minimum absolute atomic E-state index is 0.0367. The van der Waals surface area contributed by atoms with Crippen LogP contribution in [0.2, 0.25) is 5.02 Å². The first kappa shape index (κ1) is 20.4. The summed E-state index contributed by atoms with van der Waals surface area (Å²) in [6, 6.07) is 7.80. The van der Waals surface area contributed by atoms with Gasteiger partial charge in [0, 0.05) is 42.7 Å². The fraction of sp³-hybridized carbons (Fsp3) is 0.333. The average molecular weight is 435 g/mol. The van der Waals surface area contributed by atoms with Crippen LogP contribution in [0.1, 0.15) is 12.5 Å². The SMILES string of the molecule is C[C@@H]1CN(c2cc(F)c(Cl)c(F)c2)CCN1C(=O)CNc1ccc2c(c1)CC(=O)N2. The van der Waals surface area contributed by atoms with Crippen molar-refractivity contribution in [2.75, 3.05) is 41.7 Å². The number of anilines is 3. The zero-order chi connectivity index (χ0) is 21.4. The smallest absolute Gasteiger partial charge is 0.242 e. The molecule has 1 atom stereocenters. The van der Waals surface area contributed by atoms with Crippen molar-refractivity contribution in [3.63, 3.8) is 0 Å². The van der Waals surface area contributed by atoms with E-state index in [1.807, 2.05) is 30.0 Å². The van der Waals surface area contributed by atoms with Crippen molar-refractivity contribution >= 4 is 40.5 Å². The molecule has 0 spiro atoms. The molecule has 0 radical (unpaired) electrons. The van der Waals surface area contributed by atoms with Gasteiger partial charge in [0.05, 0.1) is 13.0 Å². The maximum atomic E-state index is 13.8. The van der Waals surface area contributed by atoms with E-state index in [1.165, 1.54) is 12.1 Å². The van der Waals surface area contributed by atoms with E-state index in [2.05, 4.69) is 10.6 Å². The Labute approximate surface area is 177 Å². The number of piperazine rings is 1. The quantitative estimate of drug-likeness (QED) is 0.725. The number of rotatable bonds is 4. The zero-order valence-electron chi connectivity index (χ0n) is 16.3. The number of amides is 2. The fourth-order valence-electron chi connectivity index (χ4n) is 3.91. The van der Waals surface area contributed by atoms with E-state index in [-0.39, 0.29) is 24.4 Å². The van der Waals surface area contributed by atoms with E-state index in [4.69, 9.17) is 11.6 Å². The van der Waals surface area contributed by atoms with Gasteiger partial charge >= 0.3 is 0 Å². The number of halogens is 3. The number of carbonyl (C=O) groups is 2. The Balaban J connectivity index is 1.35. The maximum absolute atomic E-state index is 13.8. The molecule has 0 bridgehead atoms.